The Morgan fingerprint density at radius 1 is 1.20 bits per heavy atom. The van der Waals surface area contributed by atoms with Gasteiger partial charge in [-0.1, -0.05) is 41.9 Å². The molecule has 1 amide bonds. The van der Waals surface area contributed by atoms with E-state index in [0.29, 0.717) is 22.3 Å². The van der Waals surface area contributed by atoms with Gasteiger partial charge in [0.15, 0.2) is 10.9 Å². The number of ether oxygens (including phenoxy) is 1. The molecule has 30 heavy (non-hydrogen) atoms. The van der Waals surface area contributed by atoms with Crippen molar-refractivity contribution in [3.05, 3.63) is 68.0 Å². The molecule has 0 atom stereocenters. The lowest BCUT2D eigenvalue weighted by Crippen LogP contribution is -2.35. The number of rotatable bonds is 6. The predicted molar refractivity (Wildman–Crippen MR) is 130 cm³/mol. The highest BCUT2D eigenvalue weighted by atomic mass is 79.9. The van der Waals surface area contributed by atoms with E-state index in [-0.39, 0.29) is 18.0 Å². The van der Waals surface area contributed by atoms with Crippen LogP contribution in [0.3, 0.4) is 0 Å². The van der Waals surface area contributed by atoms with Crippen molar-refractivity contribution in [3.63, 3.8) is 0 Å². The topological polar surface area (TPSA) is 41.9 Å². The maximum Gasteiger partial charge on any atom is 0.266 e. The molecular weight excluding hydrogens is 484 g/mol. The smallest absolute Gasteiger partial charge is 0.266 e. The van der Waals surface area contributed by atoms with Crippen LogP contribution in [0.5, 0.6) is 5.75 Å². The summed E-state index contributed by atoms with van der Waals surface area (Å²) in [6, 6.07) is 13.8. The van der Waals surface area contributed by atoms with Gasteiger partial charge in [0.2, 0.25) is 0 Å². The molecule has 1 saturated heterocycles. The summed E-state index contributed by atoms with van der Waals surface area (Å²) in [5, 5.41) is 1.23. The fourth-order valence-electron chi connectivity index (χ4n) is 2.93. The predicted octanol–water partition coefficient (Wildman–Crippen LogP) is 6.77. The molecular formula is C23H24BrClN2O2S. The van der Waals surface area contributed by atoms with E-state index in [1.807, 2.05) is 76.2 Å². The molecule has 0 saturated carbocycles. The number of amides is 1. The number of benzene rings is 2. The number of thioether (sulfide) groups is 1. The lowest BCUT2D eigenvalue weighted by atomic mass is 10.2. The molecule has 0 radical (unpaired) electrons. The second-order valence-corrected chi connectivity index (χ2v) is 9.74. The van der Waals surface area contributed by atoms with E-state index in [0.717, 1.165) is 20.8 Å². The summed E-state index contributed by atoms with van der Waals surface area (Å²) in [4.78, 5) is 19.9. The lowest BCUT2D eigenvalue weighted by Gasteiger charge is -2.20. The van der Waals surface area contributed by atoms with Crippen LogP contribution in [0, 0.1) is 0 Å². The van der Waals surface area contributed by atoms with Crippen LogP contribution >= 0.6 is 39.3 Å². The minimum absolute atomic E-state index is 0.0361. The average molecular weight is 508 g/mol. The van der Waals surface area contributed by atoms with E-state index in [1.54, 1.807) is 4.90 Å². The van der Waals surface area contributed by atoms with Crippen molar-refractivity contribution in [2.45, 2.75) is 46.4 Å². The first-order valence-electron chi connectivity index (χ1n) is 9.73. The van der Waals surface area contributed by atoms with Gasteiger partial charge in [0.25, 0.3) is 5.91 Å². The average Bonchev–Trinajstić information content (AvgIpc) is 2.96. The maximum atomic E-state index is 12.9. The van der Waals surface area contributed by atoms with Gasteiger partial charge in [-0.3, -0.25) is 14.7 Å². The van der Waals surface area contributed by atoms with E-state index >= 15 is 0 Å². The zero-order valence-electron chi connectivity index (χ0n) is 17.4. The zero-order chi connectivity index (χ0) is 21.8. The van der Waals surface area contributed by atoms with Crippen molar-refractivity contribution in [2.24, 2.45) is 4.99 Å². The second-order valence-electron chi connectivity index (χ2n) is 7.47. The summed E-state index contributed by atoms with van der Waals surface area (Å²) in [5.41, 5.74) is 1.88. The molecule has 4 nitrogen and oxygen atoms in total. The number of halogens is 2. The summed E-state index contributed by atoms with van der Waals surface area (Å²) in [5.74, 6) is 0.546. The number of amidine groups is 1. The highest BCUT2D eigenvalue weighted by molar-refractivity contribution is 9.10. The van der Waals surface area contributed by atoms with Gasteiger partial charge in [0.1, 0.15) is 6.61 Å². The van der Waals surface area contributed by atoms with Crippen molar-refractivity contribution in [2.75, 3.05) is 0 Å². The van der Waals surface area contributed by atoms with E-state index in [1.165, 1.54) is 11.8 Å². The van der Waals surface area contributed by atoms with Crippen molar-refractivity contribution < 1.29 is 9.53 Å². The van der Waals surface area contributed by atoms with Crippen molar-refractivity contribution >= 4 is 56.4 Å². The molecule has 2 aromatic carbocycles. The van der Waals surface area contributed by atoms with Crippen LogP contribution in [-0.2, 0) is 11.4 Å². The van der Waals surface area contributed by atoms with E-state index < -0.39 is 0 Å². The normalized spacial score (nSPS) is 17.1. The van der Waals surface area contributed by atoms with Crippen LogP contribution < -0.4 is 4.74 Å². The first kappa shape index (κ1) is 22.9. The Hall–Kier alpha value is -1.76. The number of aliphatic imine (C=N–C) groups is 1. The lowest BCUT2D eigenvalue weighted by molar-refractivity contribution is -0.123. The minimum Gasteiger partial charge on any atom is -0.486 e. The molecule has 3 rings (SSSR count). The molecule has 0 N–H and O–H groups in total. The summed E-state index contributed by atoms with van der Waals surface area (Å²) >= 11 is 11.4. The number of carbonyl (C=O) groups excluding carboxylic acids is 1. The van der Waals surface area contributed by atoms with Crippen LogP contribution in [0.4, 0.5) is 0 Å². The number of nitrogens with zero attached hydrogens (tertiary/aromatic N) is 2. The van der Waals surface area contributed by atoms with E-state index in [2.05, 4.69) is 20.9 Å². The number of hydrogen-bond acceptors (Lipinski definition) is 4. The first-order valence-corrected chi connectivity index (χ1v) is 11.7. The first-order chi connectivity index (χ1) is 14.3. The monoisotopic (exact) mass is 506 g/mol. The summed E-state index contributed by atoms with van der Waals surface area (Å²) in [6.07, 6.45) is 1.85. The Kier molecular flexibility index (Phi) is 7.66. The van der Waals surface area contributed by atoms with Crippen molar-refractivity contribution in [3.8, 4) is 5.75 Å². The molecule has 0 unspecified atom stereocenters. The molecule has 1 fully saturated rings. The summed E-state index contributed by atoms with van der Waals surface area (Å²) < 4.78 is 6.65. The van der Waals surface area contributed by atoms with Gasteiger partial charge in [-0.2, -0.15) is 0 Å². The molecule has 7 heteroatoms. The molecule has 1 aliphatic rings. The van der Waals surface area contributed by atoms with Crippen LogP contribution in [0.25, 0.3) is 6.08 Å². The zero-order valence-corrected chi connectivity index (χ0v) is 20.5. The molecule has 0 aliphatic carbocycles. The fourth-order valence-corrected chi connectivity index (χ4v) is 5.16. The molecule has 158 valence electrons. The maximum absolute atomic E-state index is 12.9. The van der Waals surface area contributed by atoms with Gasteiger partial charge < -0.3 is 4.74 Å². The molecule has 2 aromatic rings. The van der Waals surface area contributed by atoms with Gasteiger partial charge >= 0.3 is 0 Å². The van der Waals surface area contributed by atoms with Gasteiger partial charge in [0.05, 0.1) is 14.4 Å². The summed E-state index contributed by atoms with van der Waals surface area (Å²) in [7, 11) is 0. The Balaban J connectivity index is 1.84. The Labute approximate surface area is 195 Å². The SMILES string of the molecule is CC(C)N=C1S/C(=C/c2cc(Cl)c(OCc3ccccc3)c(Br)c2)C(=O)N1C(C)C. The fraction of sp³-hybridized carbons (Fsp3) is 0.304. The van der Waals surface area contributed by atoms with Crippen LogP contribution in [0.1, 0.15) is 38.8 Å². The molecule has 1 aliphatic heterocycles. The number of carbonyl (C=O) groups is 1. The third kappa shape index (κ3) is 5.48. The quantitative estimate of drug-likeness (QED) is 0.405. The van der Waals surface area contributed by atoms with E-state index in [9.17, 15) is 4.79 Å². The molecule has 1 heterocycles. The van der Waals surface area contributed by atoms with Crippen molar-refractivity contribution in [1.82, 2.24) is 4.90 Å². The molecule has 0 aromatic heterocycles. The van der Waals surface area contributed by atoms with Crippen LogP contribution in [0.15, 0.2) is 56.8 Å². The minimum atomic E-state index is -0.0361. The third-order valence-electron chi connectivity index (χ3n) is 4.27. The van der Waals surface area contributed by atoms with Gasteiger partial charge in [-0.15, -0.1) is 0 Å². The highest BCUT2D eigenvalue weighted by Crippen LogP contribution is 2.38. The van der Waals surface area contributed by atoms with Crippen LogP contribution in [-0.4, -0.2) is 28.1 Å². The van der Waals surface area contributed by atoms with Gasteiger partial charge in [-0.25, -0.2) is 0 Å². The summed E-state index contributed by atoms with van der Waals surface area (Å²) in [6.45, 7) is 8.41. The van der Waals surface area contributed by atoms with Crippen molar-refractivity contribution in [1.29, 1.82) is 0 Å². The second kappa shape index (κ2) is 10.0. The van der Waals surface area contributed by atoms with E-state index in [4.69, 9.17) is 16.3 Å². The third-order valence-corrected chi connectivity index (χ3v) is 6.13. The Bertz CT molecular complexity index is 967. The highest BCUT2D eigenvalue weighted by Gasteiger charge is 2.35. The largest absolute Gasteiger partial charge is 0.486 e. The Morgan fingerprint density at radius 3 is 2.50 bits per heavy atom. The van der Waals surface area contributed by atoms with Gasteiger partial charge in [0, 0.05) is 12.1 Å². The Morgan fingerprint density at radius 2 is 1.90 bits per heavy atom. The molecule has 0 spiro atoms. The number of hydrogen-bond donors (Lipinski definition) is 0. The molecule has 0 bridgehead atoms. The standard InChI is InChI=1S/C23H24BrClN2O2S/c1-14(2)26-23-27(15(3)4)22(28)20(30-23)12-17-10-18(24)21(19(25)11-17)29-13-16-8-6-5-7-9-16/h5-12,14-15H,13H2,1-4H3/b20-12+,26-23?. The van der Waals surface area contributed by atoms with Gasteiger partial charge in [-0.05, 0) is 84.7 Å². The van der Waals surface area contributed by atoms with Crippen LogP contribution in [0.2, 0.25) is 5.02 Å².